The summed E-state index contributed by atoms with van der Waals surface area (Å²) in [6, 6.07) is 0. The van der Waals surface area contributed by atoms with Crippen LogP contribution < -0.4 is 5.32 Å². The second-order valence-corrected chi connectivity index (χ2v) is 6.23. The van der Waals surface area contributed by atoms with Crippen molar-refractivity contribution in [2.75, 3.05) is 26.2 Å². The summed E-state index contributed by atoms with van der Waals surface area (Å²) in [4.78, 5) is 7.39. The molecule has 1 N–H and O–H groups in total. The molecule has 1 aliphatic heterocycles. The van der Waals surface area contributed by atoms with E-state index in [0.29, 0.717) is 0 Å². The van der Waals surface area contributed by atoms with E-state index in [9.17, 15) is 0 Å². The van der Waals surface area contributed by atoms with Crippen LogP contribution in [0.4, 0.5) is 0 Å². The standard InChI is InChI=1S/C15H27N3.HI/c1-2-16-15(18-9-3-4-10-18)17-11-14(12-5-6-12)13-7-8-13;/h12-14H,2-11H2,1H3,(H,16,17);1H. The quantitative estimate of drug-likeness (QED) is 0.453. The molecule has 3 nitrogen and oxygen atoms in total. The number of halogens is 1. The minimum absolute atomic E-state index is 0. The van der Waals surface area contributed by atoms with Gasteiger partial charge >= 0.3 is 0 Å². The Morgan fingerprint density at radius 3 is 2.21 bits per heavy atom. The van der Waals surface area contributed by atoms with Gasteiger partial charge in [0.1, 0.15) is 0 Å². The molecule has 3 fully saturated rings. The Labute approximate surface area is 134 Å². The zero-order valence-corrected chi connectivity index (χ0v) is 14.4. The van der Waals surface area contributed by atoms with Crippen molar-refractivity contribution in [1.29, 1.82) is 0 Å². The van der Waals surface area contributed by atoms with Gasteiger partial charge in [-0.3, -0.25) is 4.99 Å². The molecule has 0 radical (unpaired) electrons. The molecule has 2 saturated carbocycles. The van der Waals surface area contributed by atoms with Crippen molar-refractivity contribution in [3.63, 3.8) is 0 Å². The zero-order valence-electron chi connectivity index (χ0n) is 12.1. The number of aliphatic imine (C=N–C) groups is 1. The van der Waals surface area contributed by atoms with Crippen molar-refractivity contribution in [1.82, 2.24) is 10.2 Å². The van der Waals surface area contributed by atoms with Gasteiger partial charge in [-0.05, 0) is 63.2 Å². The first-order chi connectivity index (χ1) is 8.88. The third kappa shape index (κ3) is 4.23. The van der Waals surface area contributed by atoms with E-state index < -0.39 is 0 Å². The van der Waals surface area contributed by atoms with E-state index in [1.54, 1.807) is 0 Å². The summed E-state index contributed by atoms with van der Waals surface area (Å²) in [5, 5.41) is 3.47. The maximum absolute atomic E-state index is 4.95. The summed E-state index contributed by atoms with van der Waals surface area (Å²) < 4.78 is 0. The summed E-state index contributed by atoms with van der Waals surface area (Å²) in [6.07, 6.45) is 8.54. The SMILES string of the molecule is CCNC(=NCC(C1CC1)C1CC1)N1CCCC1.I. The highest BCUT2D eigenvalue weighted by atomic mass is 127. The van der Waals surface area contributed by atoms with Crippen molar-refractivity contribution < 1.29 is 0 Å². The Bertz CT molecular complexity index is 293. The largest absolute Gasteiger partial charge is 0.357 e. The van der Waals surface area contributed by atoms with Gasteiger partial charge in [-0.1, -0.05) is 0 Å². The van der Waals surface area contributed by atoms with Crippen LogP contribution in [0.3, 0.4) is 0 Å². The van der Waals surface area contributed by atoms with Crippen LogP contribution in [-0.2, 0) is 0 Å². The highest BCUT2D eigenvalue weighted by molar-refractivity contribution is 14.0. The van der Waals surface area contributed by atoms with Gasteiger partial charge in [0.15, 0.2) is 5.96 Å². The lowest BCUT2D eigenvalue weighted by molar-refractivity contribution is 0.411. The van der Waals surface area contributed by atoms with E-state index in [-0.39, 0.29) is 24.0 Å². The molecule has 19 heavy (non-hydrogen) atoms. The molecule has 0 atom stereocenters. The van der Waals surface area contributed by atoms with Gasteiger partial charge in [0.05, 0.1) is 0 Å². The molecule has 1 saturated heterocycles. The monoisotopic (exact) mass is 377 g/mol. The second-order valence-electron chi connectivity index (χ2n) is 6.23. The Morgan fingerprint density at radius 2 is 1.74 bits per heavy atom. The maximum Gasteiger partial charge on any atom is 0.193 e. The number of guanidine groups is 1. The van der Waals surface area contributed by atoms with Crippen molar-refractivity contribution in [2.45, 2.75) is 45.4 Å². The van der Waals surface area contributed by atoms with Crippen LogP contribution in [0.25, 0.3) is 0 Å². The average molecular weight is 377 g/mol. The summed E-state index contributed by atoms with van der Waals surface area (Å²) in [7, 11) is 0. The van der Waals surface area contributed by atoms with Gasteiger partial charge in [0.2, 0.25) is 0 Å². The molecule has 3 rings (SSSR count). The average Bonchev–Trinajstić information content (AvgIpc) is 3.30. The van der Waals surface area contributed by atoms with Gasteiger partial charge in [-0.2, -0.15) is 0 Å². The molecule has 0 aromatic heterocycles. The fourth-order valence-electron chi connectivity index (χ4n) is 3.28. The Hall–Kier alpha value is 0. The van der Waals surface area contributed by atoms with Crippen LogP contribution in [-0.4, -0.2) is 37.0 Å². The van der Waals surface area contributed by atoms with E-state index in [2.05, 4.69) is 17.1 Å². The summed E-state index contributed by atoms with van der Waals surface area (Å²) >= 11 is 0. The van der Waals surface area contributed by atoms with E-state index in [1.807, 2.05) is 0 Å². The van der Waals surface area contributed by atoms with Crippen LogP contribution in [0.5, 0.6) is 0 Å². The van der Waals surface area contributed by atoms with Gasteiger partial charge in [0.25, 0.3) is 0 Å². The topological polar surface area (TPSA) is 27.6 Å². The van der Waals surface area contributed by atoms with Crippen LogP contribution in [0.15, 0.2) is 4.99 Å². The lowest BCUT2D eigenvalue weighted by Gasteiger charge is -2.22. The Morgan fingerprint density at radius 1 is 1.16 bits per heavy atom. The predicted molar refractivity (Wildman–Crippen MR) is 91.1 cm³/mol. The molecule has 4 heteroatoms. The Kier molecular flexibility index (Phi) is 5.78. The first-order valence-electron chi connectivity index (χ1n) is 7.91. The fourth-order valence-corrected chi connectivity index (χ4v) is 3.28. The van der Waals surface area contributed by atoms with Crippen LogP contribution in [0.2, 0.25) is 0 Å². The smallest absolute Gasteiger partial charge is 0.193 e. The predicted octanol–water partition coefficient (Wildman–Crippen LogP) is 3.10. The molecule has 0 bridgehead atoms. The zero-order chi connectivity index (χ0) is 12.4. The Balaban J connectivity index is 0.00000133. The molecule has 0 unspecified atom stereocenters. The fraction of sp³-hybridized carbons (Fsp3) is 0.933. The molecule has 3 aliphatic rings. The van der Waals surface area contributed by atoms with Crippen LogP contribution in [0.1, 0.15) is 45.4 Å². The maximum atomic E-state index is 4.95. The number of likely N-dealkylation sites (tertiary alicyclic amines) is 1. The molecular formula is C15H28IN3. The third-order valence-corrected chi connectivity index (χ3v) is 4.65. The van der Waals surface area contributed by atoms with Gasteiger partial charge < -0.3 is 10.2 Å². The van der Waals surface area contributed by atoms with Gasteiger partial charge in [-0.25, -0.2) is 0 Å². The third-order valence-electron chi connectivity index (χ3n) is 4.65. The number of nitrogens with zero attached hydrogens (tertiary/aromatic N) is 2. The molecule has 0 aromatic carbocycles. The normalized spacial score (nSPS) is 23.7. The molecule has 110 valence electrons. The van der Waals surface area contributed by atoms with Crippen molar-refractivity contribution in [2.24, 2.45) is 22.7 Å². The summed E-state index contributed by atoms with van der Waals surface area (Å²) in [5.41, 5.74) is 0. The number of nitrogens with one attached hydrogen (secondary N) is 1. The lowest BCUT2D eigenvalue weighted by Crippen LogP contribution is -2.40. The van der Waals surface area contributed by atoms with Gasteiger partial charge in [0, 0.05) is 26.2 Å². The van der Waals surface area contributed by atoms with Crippen molar-refractivity contribution in [3.05, 3.63) is 0 Å². The summed E-state index contributed by atoms with van der Waals surface area (Å²) in [6.45, 7) is 6.64. The first kappa shape index (κ1) is 15.4. The summed E-state index contributed by atoms with van der Waals surface area (Å²) in [5.74, 6) is 4.12. The van der Waals surface area contributed by atoms with E-state index in [0.717, 1.165) is 30.8 Å². The number of hydrogen-bond donors (Lipinski definition) is 1. The van der Waals surface area contributed by atoms with Crippen molar-refractivity contribution >= 4 is 29.9 Å². The highest BCUT2D eigenvalue weighted by Gasteiger charge is 2.41. The van der Waals surface area contributed by atoms with Crippen LogP contribution in [0, 0.1) is 17.8 Å². The lowest BCUT2D eigenvalue weighted by atomic mass is 9.98. The minimum atomic E-state index is 0. The minimum Gasteiger partial charge on any atom is -0.357 e. The van der Waals surface area contributed by atoms with Crippen molar-refractivity contribution in [3.8, 4) is 0 Å². The first-order valence-corrected chi connectivity index (χ1v) is 7.91. The van der Waals surface area contributed by atoms with Crippen LogP contribution >= 0.6 is 24.0 Å². The molecule has 2 aliphatic carbocycles. The molecule has 0 amide bonds. The highest BCUT2D eigenvalue weighted by Crippen LogP contribution is 2.49. The second kappa shape index (κ2) is 7.14. The number of hydrogen-bond acceptors (Lipinski definition) is 1. The van der Waals surface area contributed by atoms with E-state index >= 15 is 0 Å². The van der Waals surface area contributed by atoms with E-state index in [4.69, 9.17) is 4.99 Å². The number of rotatable bonds is 5. The van der Waals surface area contributed by atoms with Gasteiger partial charge in [-0.15, -0.1) is 24.0 Å². The molecular weight excluding hydrogens is 349 g/mol. The molecule has 0 spiro atoms. The van der Waals surface area contributed by atoms with E-state index in [1.165, 1.54) is 57.6 Å². The molecule has 1 heterocycles. The molecule has 0 aromatic rings.